The van der Waals surface area contributed by atoms with Gasteiger partial charge in [0.1, 0.15) is 11.2 Å². The van der Waals surface area contributed by atoms with E-state index in [0.717, 1.165) is 26.6 Å². The second kappa shape index (κ2) is 5.02. The van der Waals surface area contributed by atoms with Crippen LogP contribution < -0.4 is 10.6 Å². The molecule has 3 heterocycles. The summed E-state index contributed by atoms with van der Waals surface area (Å²) in [6, 6.07) is 14.0. The number of carbonyl (C=O) groups is 1. The zero-order valence-corrected chi connectivity index (χ0v) is 12.6. The Morgan fingerprint density at radius 3 is 2.57 bits per heavy atom. The first kappa shape index (κ1) is 12.6. The van der Waals surface area contributed by atoms with Crippen LogP contribution in [0.4, 0.5) is 5.00 Å². The van der Waals surface area contributed by atoms with Crippen molar-refractivity contribution in [1.82, 2.24) is 5.32 Å². The van der Waals surface area contributed by atoms with Crippen molar-refractivity contribution < 1.29 is 4.79 Å². The Bertz CT molecular complexity index is 778. The standard InChI is InChI=1S/C16H12N2OS2/c19-15-13-11(10-5-2-1-3-6-10)9-21-16(13)18-14(17-15)12-7-4-8-20-12/h1-9,14,18H,(H,17,19). The van der Waals surface area contributed by atoms with Gasteiger partial charge in [-0.05, 0) is 17.0 Å². The second-order valence-corrected chi connectivity index (χ2v) is 6.64. The molecule has 0 saturated heterocycles. The molecule has 21 heavy (non-hydrogen) atoms. The first-order chi connectivity index (χ1) is 10.3. The van der Waals surface area contributed by atoms with Crippen molar-refractivity contribution in [3.05, 3.63) is 63.7 Å². The minimum Gasteiger partial charge on any atom is -0.352 e. The third-order valence-corrected chi connectivity index (χ3v) is 5.33. The number of hydrogen-bond donors (Lipinski definition) is 2. The number of hydrogen-bond acceptors (Lipinski definition) is 4. The van der Waals surface area contributed by atoms with Crippen LogP contribution in [-0.2, 0) is 0 Å². The highest BCUT2D eigenvalue weighted by Gasteiger charge is 2.29. The van der Waals surface area contributed by atoms with Gasteiger partial charge in [-0.1, -0.05) is 36.4 Å². The van der Waals surface area contributed by atoms with E-state index in [1.54, 1.807) is 22.7 Å². The van der Waals surface area contributed by atoms with E-state index >= 15 is 0 Å². The van der Waals surface area contributed by atoms with Gasteiger partial charge < -0.3 is 10.6 Å². The monoisotopic (exact) mass is 312 g/mol. The minimum absolute atomic E-state index is 0.0118. The molecule has 0 bridgehead atoms. The molecular weight excluding hydrogens is 300 g/mol. The highest BCUT2D eigenvalue weighted by atomic mass is 32.1. The number of amides is 1. The molecule has 1 atom stereocenters. The summed E-state index contributed by atoms with van der Waals surface area (Å²) in [7, 11) is 0. The molecule has 2 N–H and O–H groups in total. The first-order valence-corrected chi connectivity index (χ1v) is 8.36. The number of nitrogens with one attached hydrogen (secondary N) is 2. The number of benzene rings is 1. The first-order valence-electron chi connectivity index (χ1n) is 6.60. The quantitative estimate of drug-likeness (QED) is 0.739. The Labute approximate surface area is 130 Å². The highest BCUT2D eigenvalue weighted by molar-refractivity contribution is 7.15. The summed E-state index contributed by atoms with van der Waals surface area (Å²) in [5, 5.41) is 11.5. The van der Waals surface area contributed by atoms with Gasteiger partial charge in [0.25, 0.3) is 5.91 Å². The van der Waals surface area contributed by atoms with Crippen LogP contribution in [0.1, 0.15) is 21.4 Å². The van der Waals surface area contributed by atoms with Crippen LogP contribution in [0.5, 0.6) is 0 Å². The lowest BCUT2D eigenvalue weighted by Crippen LogP contribution is -2.37. The van der Waals surface area contributed by atoms with Gasteiger partial charge in [-0.15, -0.1) is 22.7 Å². The van der Waals surface area contributed by atoms with Gasteiger partial charge in [0.2, 0.25) is 0 Å². The molecule has 1 aliphatic rings. The van der Waals surface area contributed by atoms with Crippen LogP contribution in [0.3, 0.4) is 0 Å². The highest BCUT2D eigenvalue weighted by Crippen LogP contribution is 2.39. The second-order valence-electron chi connectivity index (χ2n) is 4.79. The molecular formula is C16H12N2OS2. The average molecular weight is 312 g/mol. The van der Waals surface area contributed by atoms with Crippen LogP contribution in [-0.4, -0.2) is 5.91 Å². The van der Waals surface area contributed by atoms with Crippen molar-refractivity contribution in [2.45, 2.75) is 6.17 Å². The molecule has 1 aromatic carbocycles. The van der Waals surface area contributed by atoms with Gasteiger partial charge in [0.05, 0.1) is 5.56 Å². The maximum atomic E-state index is 12.5. The van der Waals surface area contributed by atoms with Gasteiger partial charge >= 0.3 is 0 Å². The van der Waals surface area contributed by atoms with Gasteiger partial charge in [-0.25, -0.2) is 0 Å². The van der Waals surface area contributed by atoms with E-state index in [0.29, 0.717) is 0 Å². The molecule has 5 heteroatoms. The van der Waals surface area contributed by atoms with Crippen LogP contribution in [0, 0.1) is 0 Å². The molecule has 0 fully saturated rings. The topological polar surface area (TPSA) is 41.1 Å². The van der Waals surface area contributed by atoms with E-state index in [4.69, 9.17) is 0 Å². The summed E-state index contributed by atoms with van der Waals surface area (Å²) in [5.41, 5.74) is 2.81. The zero-order chi connectivity index (χ0) is 14.2. The van der Waals surface area contributed by atoms with E-state index < -0.39 is 0 Å². The van der Waals surface area contributed by atoms with Crippen LogP contribution in [0.25, 0.3) is 11.1 Å². The molecule has 0 saturated carbocycles. The predicted molar refractivity (Wildman–Crippen MR) is 87.9 cm³/mol. The van der Waals surface area contributed by atoms with E-state index in [1.807, 2.05) is 53.2 Å². The fourth-order valence-electron chi connectivity index (χ4n) is 2.49. The Kier molecular flexibility index (Phi) is 3.02. The molecule has 0 radical (unpaired) electrons. The minimum atomic E-state index is -0.132. The van der Waals surface area contributed by atoms with Crippen molar-refractivity contribution in [3.8, 4) is 11.1 Å². The largest absolute Gasteiger partial charge is 0.352 e. The van der Waals surface area contributed by atoms with E-state index in [9.17, 15) is 4.79 Å². The van der Waals surface area contributed by atoms with Crippen molar-refractivity contribution in [2.24, 2.45) is 0 Å². The summed E-state index contributed by atoms with van der Waals surface area (Å²) in [6.07, 6.45) is -0.132. The van der Waals surface area contributed by atoms with Crippen molar-refractivity contribution in [3.63, 3.8) is 0 Å². The van der Waals surface area contributed by atoms with Crippen LogP contribution in [0.2, 0.25) is 0 Å². The molecule has 4 rings (SSSR count). The van der Waals surface area contributed by atoms with Crippen molar-refractivity contribution >= 4 is 33.6 Å². The molecule has 1 amide bonds. The summed E-state index contributed by atoms with van der Waals surface area (Å²) in [4.78, 5) is 13.6. The lowest BCUT2D eigenvalue weighted by molar-refractivity contribution is 0.0938. The van der Waals surface area contributed by atoms with E-state index in [1.165, 1.54) is 0 Å². The Hall–Kier alpha value is -2.11. The molecule has 0 spiro atoms. The lowest BCUT2D eigenvalue weighted by atomic mass is 10.0. The van der Waals surface area contributed by atoms with Crippen LogP contribution in [0.15, 0.2) is 53.2 Å². The SMILES string of the molecule is O=C1NC(c2cccs2)Nc2scc(-c3ccccc3)c21. The smallest absolute Gasteiger partial charge is 0.256 e. The molecule has 1 unspecified atom stereocenters. The number of carbonyl (C=O) groups excluding carboxylic acids is 1. The maximum absolute atomic E-state index is 12.5. The predicted octanol–water partition coefficient (Wildman–Crippen LogP) is 4.33. The molecule has 2 aromatic heterocycles. The van der Waals surface area contributed by atoms with E-state index in [-0.39, 0.29) is 12.1 Å². The van der Waals surface area contributed by atoms with Gasteiger partial charge in [-0.3, -0.25) is 4.79 Å². The summed E-state index contributed by atoms with van der Waals surface area (Å²) in [6.45, 7) is 0. The third kappa shape index (κ3) is 2.14. The number of anilines is 1. The number of thiophene rings is 2. The summed E-state index contributed by atoms with van der Waals surface area (Å²) >= 11 is 3.22. The third-order valence-electron chi connectivity index (χ3n) is 3.48. The fourth-order valence-corrected chi connectivity index (χ4v) is 4.21. The molecule has 104 valence electrons. The Morgan fingerprint density at radius 1 is 0.952 bits per heavy atom. The molecule has 3 aromatic rings. The maximum Gasteiger partial charge on any atom is 0.256 e. The van der Waals surface area contributed by atoms with Crippen molar-refractivity contribution in [2.75, 3.05) is 5.32 Å². The zero-order valence-electron chi connectivity index (χ0n) is 11.0. The van der Waals surface area contributed by atoms with Crippen molar-refractivity contribution in [1.29, 1.82) is 0 Å². The molecule has 1 aliphatic heterocycles. The number of fused-ring (bicyclic) bond motifs is 1. The Morgan fingerprint density at radius 2 is 1.81 bits per heavy atom. The normalized spacial score (nSPS) is 17.0. The average Bonchev–Trinajstić information content (AvgIpc) is 3.17. The summed E-state index contributed by atoms with van der Waals surface area (Å²) in [5.74, 6) is -0.0118. The molecule has 0 aliphatic carbocycles. The van der Waals surface area contributed by atoms with Gasteiger partial charge in [0, 0.05) is 15.8 Å². The summed E-state index contributed by atoms with van der Waals surface area (Å²) < 4.78 is 0. The lowest BCUT2D eigenvalue weighted by Gasteiger charge is -2.25. The Balaban J connectivity index is 1.74. The van der Waals surface area contributed by atoms with Gasteiger partial charge in [-0.2, -0.15) is 0 Å². The van der Waals surface area contributed by atoms with E-state index in [2.05, 4.69) is 10.6 Å². The van der Waals surface area contributed by atoms with Gasteiger partial charge in [0.15, 0.2) is 0 Å². The molecule has 3 nitrogen and oxygen atoms in total. The number of rotatable bonds is 2. The fraction of sp³-hybridized carbons (Fsp3) is 0.0625. The van der Waals surface area contributed by atoms with Crippen LogP contribution >= 0.6 is 22.7 Å².